The second-order valence-electron chi connectivity index (χ2n) is 7.16. The maximum atomic E-state index is 12.9. The van der Waals surface area contributed by atoms with Crippen LogP contribution in [-0.2, 0) is 11.3 Å². The maximum Gasteiger partial charge on any atom is 0.387 e. The Balaban J connectivity index is 1.66. The van der Waals surface area contributed by atoms with Gasteiger partial charge in [-0.15, -0.1) is 0 Å². The second kappa shape index (κ2) is 9.50. The van der Waals surface area contributed by atoms with Crippen LogP contribution in [0.5, 0.6) is 5.75 Å². The van der Waals surface area contributed by atoms with E-state index in [-0.39, 0.29) is 35.4 Å². The quantitative estimate of drug-likeness (QED) is 0.533. The lowest BCUT2D eigenvalue weighted by Crippen LogP contribution is -2.45. The van der Waals surface area contributed by atoms with Crippen LogP contribution in [0.4, 0.5) is 14.5 Å². The monoisotopic (exact) mass is 433 g/mol. The zero-order chi connectivity index (χ0) is 22.5. The molecule has 2 amide bonds. The molecule has 1 aliphatic heterocycles. The molecular weight excluding hydrogens is 412 g/mol. The van der Waals surface area contributed by atoms with Crippen molar-refractivity contribution in [1.29, 1.82) is 0 Å². The van der Waals surface area contributed by atoms with Crippen molar-refractivity contribution in [2.24, 2.45) is 0 Å². The summed E-state index contributed by atoms with van der Waals surface area (Å²) in [6.07, 6.45) is 1.13. The van der Waals surface area contributed by atoms with E-state index in [0.717, 1.165) is 0 Å². The summed E-state index contributed by atoms with van der Waals surface area (Å²) in [6.45, 7) is -0.903. The predicted octanol–water partition coefficient (Wildman–Crippen LogP) is 3.43. The number of benzene rings is 2. The highest BCUT2D eigenvalue weighted by Gasteiger charge is 2.34. The van der Waals surface area contributed by atoms with Gasteiger partial charge in [0.05, 0.1) is 4.92 Å². The minimum atomic E-state index is -2.94. The Hall–Kier alpha value is -3.56. The summed E-state index contributed by atoms with van der Waals surface area (Å²) >= 11 is 0. The van der Waals surface area contributed by atoms with E-state index in [1.165, 1.54) is 35.2 Å². The predicted molar refractivity (Wildman–Crippen MR) is 107 cm³/mol. The minimum Gasteiger partial charge on any atom is -0.435 e. The summed E-state index contributed by atoms with van der Waals surface area (Å²) in [5.41, 5.74) is 1.14. The number of aryl methyl sites for hydroxylation is 1. The molecule has 2 aromatic rings. The van der Waals surface area contributed by atoms with Gasteiger partial charge >= 0.3 is 6.61 Å². The van der Waals surface area contributed by atoms with Gasteiger partial charge in [0, 0.05) is 30.3 Å². The molecule has 1 aliphatic rings. The molecule has 8 nitrogen and oxygen atoms in total. The molecule has 1 atom stereocenters. The number of rotatable bonds is 7. The Morgan fingerprint density at radius 1 is 1.29 bits per heavy atom. The smallest absolute Gasteiger partial charge is 0.387 e. The van der Waals surface area contributed by atoms with E-state index >= 15 is 0 Å². The van der Waals surface area contributed by atoms with Gasteiger partial charge < -0.3 is 15.0 Å². The van der Waals surface area contributed by atoms with E-state index < -0.39 is 17.6 Å². The van der Waals surface area contributed by atoms with Gasteiger partial charge in [0.2, 0.25) is 5.91 Å². The number of hydrogen-bond acceptors (Lipinski definition) is 5. The van der Waals surface area contributed by atoms with Gasteiger partial charge in [-0.25, -0.2) is 0 Å². The summed E-state index contributed by atoms with van der Waals surface area (Å²) < 4.78 is 29.1. The van der Waals surface area contributed by atoms with Crippen molar-refractivity contribution >= 4 is 17.5 Å². The van der Waals surface area contributed by atoms with Crippen molar-refractivity contribution in [2.75, 3.05) is 6.54 Å². The number of carbonyl (C=O) groups excluding carboxylic acids is 2. The number of ether oxygens (including phenoxy) is 1. The van der Waals surface area contributed by atoms with Crippen LogP contribution in [0.3, 0.4) is 0 Å². The van der Waals surface area contributed by atoms with Gasteiger partial charge in [0.15, 0.2) is 0 Å². The molecule has 0 aromatic heterocycles. The zero-order valence-corrected chi connectivity index (χ0v) is 16.7. The topological polar surface area (TPSA) is 102 Å². The third kappa shape index (κ3) is 5.33. The van der Waals surface area contributed by atoms with Crippen molar-refractivity contribution in [3.63, 3.8) is 0 Å². The average molecular weight is 433 g/mol. The van der Waals surface area contributed by atoms with Crippen LogP contribution in [0.25, 0.3) is 0 Å². The SMILES string of the molecule is Cc1cc(C(=O)N2CCCC2C(=O)NCc2cccc(OC(F)F)c2)ccc1[N+](=O)[O-]. The first-order valence-corrected chi connectivity index (χ1v) is 9.63. The molecule has 0 aliphatic carbocycles. The standard InChI is InChI=1S/C21H21F2N3O5/c1-13-10-15(7-8-17(13)26(29)30)20(28)25-9-3-6-18(25)19(27)24-12-14-4-2-5-16(11-14)31-21(22)23/h2,4-5,7-8,10-11,18,21H,3,6,9,12H2,1H3,(H,24,27). The van der Waals surface area contributed by atoms with Crippen LogP contribution < -0.4 is 10.1 Å². The van der Waals surface area contributed by atoms with E-state index in [2.05, 4.69) is 10.1 Å². The molecular formula is C21H21F2N3O5. The lowest BCUT2D eigenvalue weighted by molar-refractivity contribution is -0.385. The van der Waals surface area contributed by atoms with Gasteiger partial charge in [0.1, 0.15) is 11.8 Å². The van der Waals surface area contributed by atoms with Crippen molar-refractivity contribution in [3.05, 3.63) is 69.3 Å². The summed E-state index contributed by atoms with van der Waals surface area (Å²) in [7, 11) is 0. The summed E-state index contributed by atoms with van der Waals surface area (Å²) in [5, 5.41) is 13.7. The number of halogens is 2. The molecule has 164 valence electrons. The number of nitro benzene ring substituents is 1. The minimum absolute atomic E-state index is 0.00652. The van der Waals surface area contributed by atoms with E-state index in [0.29, 0.717) is 30.5 Å². The first kappa shape index (κ1) is 22.1. The van der Waals surface area contributed by atoms with Gasteiger partial charge in [0.25, 0.3) is 11.6 Å². The van der Waals surface area contributed by atoms with Crippen LogP contribution in [0.1, 0.15) is 34.3 Å². The number of nitrogens with zero attached hydrogens (tertiary/aromatic N) is 2. The number of alkyl halides is 2. The normalized spacial score (nSPS) is 15.7. The highest BCUT2D eigenvalue weighted by molar-refractivity contribution is 5.98. The molecule has 0 spiro atoms. The highest BCUT2D eigenvalue weighted by Crippen LogP contribution is 2.24. The summed E-state index contributed by atoms with van der Waals surface area (Å²) in [4.78, 5) is 37.5. The first-order valence-electron chi connectivity index (χ1n) is 9.63. The Labute approximate surface area is 176 Å². The van der Waals surface area contributed by atoms with Crippen LogP contribution in [0, 0.1) is 17.0 Å². The van der Waals surface area contributed by atoms with Crippen molar-refractivity contribution in [3.8, 4) is 5.75 Å². The number of amides is 2. The van der Waals surface area contributed by atoms with Gasteiger partial charge in [-0.2, -0.15) is 8.78 Å². The Morgan fingerprint density at radius 3 is 2.74 bits per heavy atom. The molecule has 1 saturated heterocycles. The van der Waals surface area contributed by atoms with E-state index in [1.807, 2.05) is 0 Å². The maximum absolute atomic E-state index is 12.9. The third-order valence-electron chi connectivity index (χ3n) is 5.05. The van der Waals surface area contributed by atoms with E-state index in [4.69, 9.17) is 0 Å². The number of carbonyl (C=O) groups is 2. The number of nitro groups is 1. The fourth-order valence-electron chi connectivity index (χ4n) is 3.58. The molecule has 1 unspecified atom stereocenters. The van der Waals surface area contributed by atoms with E-state index in [9.17, 15) is 28.5 Å². The second-order valence-corrected chi connectivity index (χ2v) is 7.16. The first-order chi connectivity index (χ1) is 14.8. The molecule has 0 radical (unpaired) electrons. The fraction of sp³-hybridized carbons (Fsp3) is 0.333. The van der Waals surface area contributed by atoms with Gasteiger partial charge in [-0.1, -0.05) is 12.1 Å². The Morgan fingerprint density at radius 2 is 2.06 bits per heavy atom. The zero-order valence-electron chi connectivity index (χ0n) is 16.7. The third-order valence-corrected chi connectivity index (χ3v) is 5.05. The summed E-state index contributed by atoms with van der Waals surface area (Å²) in [6, 6.07) is 9.44. The van der Waals surface area contributed by atoms with Crippen LogP contribution in [0.2, 0.25) is 0 Å². The number of nitrogens with one attached hydrogen (secondary N) is 1. The molecule has 10 heteroatoms. The average Bonchev–Trinajstić information content (AvgIpc) is 3.21. The lowest BCUT2D eigenvalue weighted by atomic mass is 10.1. The van der Waals surface area contributed by atoms with Crippen LogP contribution in [0.15, 0.2) is 42.5 Å². The fourth-order valence-corrected chi connectivity index (χ4v) is 3.58. The summed E-state index contributed by atoms with van der Waals surface area (Å²) in [5.74, 6) is -0.736. The highest BCUT2D eigenvalue weighted by atomic mass is 19.3. The molecule has 3 rings (SSSR count). The largest absolute Gasteiger partial charge is 0.435 e. The molecule has 1 N–H and O–H groups in total. The van der Waals surface area contributed by atoms with Crippen LogP contribution in [-0.4, -0.2) is 40.8 Å². The van der Waals surface area contributed by atoms with Crippen molar-refractivity contribution in [2.45, 2.75) is 39.0 Å². The molecule has 0 bridgehead atoms. The molecule has 2 aromatic carbocycles. The van der Waals surface area contributed by atoms with Crippen molar-refractivity contribution < 1.29 is 28.0 Å². The van der Waals surface area contributed by atoms with Gasteiger partial charge in [-0.3, -0.25) is 19.7 Å². The Bertz CT molecular complexity index is 999. The van der Waals surface area contributed by atoms with E-state index in [1.54, 1.807) is 19.1 Å². The molecule has 31 heavy (non-hydrogen) atoms. The Kier molecular flexibility index (Phi) is 6.78. The molecule has 0 saturated carbocycles. The van der Waals surface area contributed by atoms with Crippen LogP contribution >= 0.6 is 0 Å². The van der Waals surface area contributed by atoms with Gasteiger partial charge in [-0.05, 0) is 49.6 Å². The van der Waals surface area contributed by atoms with Crippen molar-refractivity contribution in [1.82, 2.24) is 10.2 Å². The molecule has 1 fully saturated rings. The number of likely N-dealkylation sites (tertiary alicyclic amines) is 1. The molecule has 1 heterocycles. The lowest BCUT2D eigenvalue weighted by Gasteiger charge is -2.24. The number of hydrogen-bond donors (Lipinski definition) is 1.